The monoisotopic (exact) mass is 295 g/mol. The van der Waals surface area contributed by atoms with Crippen LogP contribution < -0.4 is 4.74 Å². The number of nitrogens with zero attached hydrogens (tertiary/aromatic N) is 1. The quantitative estimate of drug-likeness (QED) is 0.749. The summed E-state index contributed by atoms with van der Waals surface area (Å²) < 4.78 is 10.3. The average molecular weight is 295 g/mol. The SMILES string of the molecule is CCCOc1ccc(C(=O)N(CCOC)CC(=O)O)cc1. The van der Waals surface area contributed by atoms with Crippen molar-refractivity contribution < 1.29 is 24.2 Å². The number of hydrogen-bond donors (Lipinski definition) is 1. The standard InChI is InChI=1S/C15H21NO5/c1-3-9-21-13-6-4-12(5-7-13)15(19)16(8-10-20-2)11-14(17)18/h4-7H,3,8-11H2,1-2H3,(H,17,18). The van der Waals surface area contributed by atoms with Gasteiger partial charge in [-0.2, -0.15) is 0 Å². The van der Waals surface area contributed by atoms with Crippen LogP contribution >= 0.6 is 0 Å². The molecule has 0 fully saturated rings. The van der Waals surface area contributed by atoms with E-state index in [1.165, 1.54) is 12.0 Å². The molecule has 21 heavy (non-hydrogen) atoms. The first-order valence-electron chi connectivity index (χ1n) is 6.81. The van der Waals surface area contributed by atoms with Crippen LogP contribution in [0.5, 0.6) is 5.75 Å². The molecule has 1 aromatic rings. The van der Waals surface area contributed by atoms with Gasteiger partial charge in [-0.15, -0.1) is 0 Å². The van der Waals surface area contributed by atoms with E-state index < -0.39 is 5.97 Å². The summed E-state index contributed by atoms with van der Waals surface area (Å²) in [4.78, 5) is 24.3. The molecule has 0 aliphatic carbocycles. The zero-order chi connectivity index (χ0) is 15.7. The molecule has 116 valence electrons. The van der Waals surface area contributed by atoms with Gasteiger partial charge in [-0.25, -0.2) is 0 Å². The molecule has 0 radical (unpaired) electrons. The molecule has 0 aromatic heterocycles. The van der Waals surface area contributed by atoms with Gasteiger partial charge in [0.1, 0.15) is 12.3 Å². The summed E-state index contributed by atoms with van der Waals surface area (Å²) in [5.41, 5.74) is 0.427. The highest BCUT2D eigenvalue weighted by atomic mass is 16.5. The number of carbonyl (C=O) groups is 2. The van der Waals surface area contributed by atoms with E-state index in [1.807, 2.05) is 6.92 Å². The van der Waals surface area contributed by atoms with Gasteiger partial charge in [-0.3, -0.25) is 9.59 Å². The number of carboxylic acid groups (broad SMARTS) is 1. The van der Waals surface area contributed by atoms with E-state index in [0.29, 0.717) is 17.9 Å². The van der Waals surface area contributed by atoms with Crippen molar-refractivity contribution in [2.24, 2.45) is 0 Å². The van der Waals surface area contributed by atoms with Crippen molar-refractivity contribution in [2.75, 3.05) is 33.4 Å². The van der Waals surface area contributed by atoms with E-state index in [4.69, 9.17) is 14.6 Å². The van der Waals surface area contributed by atoms with Gasteiger partial charge in [0.2, 0.25) is 0 Å². The van der Waals surface area contributed by atoms with E-state index in [2.05, 4.69) is 0 Å². The van der Waals surface area contributed by atoms with Gasteiger partial charge in [-0.1, -0.05) is 6.92 Å². The fourth-order valence-electron chi connectivity index (χ4n) is 1.71. The van der Waals surface area contributed by atoms with Gasteiger partial charge >= 0.3 is 5.97 Å². The molecule has 0 saturated carbocycles. The van der Waals surface area contributed by atoms with Crippen LogP contribution in [0.2, 0.25) is 0 Å². The topological polar surface area (TPSA) is 76.1 Å². The Hall–Kier alpha value is -2.08. The number of ether oxygens (including phenoxy) is 2. The predicted octanol–water partition coefficient (Wildman–Crippen LogP) is 1.65. The van der Waals surface area contributed by atoms with Gasteiger partial charge in [-0.05, 0) is 30.7 Å². The number of carbonyl (C=O) groups excluding carboxylic acids is 1. The minimum absolute atomic E-state index is 0.232. The third kappa shape index (κ3) is 5.83. The van der Waals surface area contributed by atoms with Crippen molar-refractivity contribution in [2.45, 2.75) is 13.3 Å². The summed E-state index contributed by atoms with van der Waals surface area (Å²) in [6.07, 6.45) is 0.907. The van der Waals surface area contributed by atoms with Gasteiger partial charge in [0, 0.05) is 19.2 Å². The Kier molecular flexibility index (Phi) is 7.25. The van der Waals surface area contributed by atoms with Gasteiger partial charge in [0.15, 0.2) is 0 Å². The highest BCUT2D eigenvalue weighted by Gasteiger charge is 2.18. The molecule has 0 heterocycles. The molecule has 1 rings (SSSR count). The fraction of sp³-hybridized carbons (Fsp3) is 0.467. The Balaban J connectivity index is 2.75. The van der Waals surface area contributed by atoms with Gasteiger partial charge in [0.25, 0.3) is 5.91 Å². The van der Waals surface area contributed by atoms with E-state index in [0.717, 1.165) is 6.42 Å². The zero-order valence-corrected chi connectivity index (χ0v) is 12.4. The van der Waals surface area contributed by atoms with E-state index in [9.17, 15) is 9.59 Å². The average Bonchev–Trinajstić information content (AvgIpc) is 2.49. The van der Waals surface area contributed by atoms with Gasteiger partial charge < -0.3 is 19.5 Å². The summed E-state index contributed by atoms with van der Waals surface area (Å²) in [7, 11) is 1.50. The zero-order valence-electron chi connectivity index (χ0n) is 12.4. The molecule has 0 saturated heterocycles. The maximum Gasteiger partial charge on any atom is 0.323 e. The van der Waals surface area contributed by atoms with E-state index in [-0.39, 0.29) is 25.6 Å². The lowest BCUT2D eigenvalue weighted by molar-refractivity contribution is -0.137. The van der Waals surface area contributed by atoms with Crippen molar-refractivity contribution in [3.8, 4) is 5.75 Å². The summed E-state index contributed by atoms with van der Waals surface area (Å²) in [5.74, 6) is -0.700. The molecular weight excluding hydrogens is 274 g/mol. The van der Waals surface area contributed by atoms with Crippen LogP contribution in [-0.2, 0) is 9.53 Å². The third-order valence-electron chi connectivity index (χ3n) is 2.75. The number of benzene rings is 1. The molecular formula is C15H21NO5. The first-order chi connectivity index (χ1) is 10.1. The van der Waals surface area contributed by atoms with Crippen LogP contribution in [0, 0.1) is 0 Å². The number of amides is 1. The summed E-state index contributed by atoms with van der Waals surface area (Å²) in [5, 5.41) is 8.87. The van der Waals surface area contributed by atoms with Crippen LogP contribution in [0.3, 0.4) is 0 Å². The maximum absolute atomic E-state index is 12.3. The number of methoxy groups -OCH3 is 1. The fourth-order valence-corrected chi connectivity index (χ4v) is 1.71. The molecule has 0 spiro atoms. The first-order valence-corrected chi connectivity index (χ1v) is 6.81. The van der Waals surface area contributed by atoms with Crippen LogP contribution in [0.25, 0.3) is 0 Å². The van der Waals surface area contributed by atoms with Crippen LogP contribution in [0.15, 0.2) is 24.3 Å². The summed E-state index contributed by atoms with van der Waals surface area (Å²) in [6, 6.07) is 6.68. The predicted molar refractivity (Wildman–Crippen MR) is 77.6 cm³/mol. The highest BCUT2D eigenvalue weighted by molar-refractivity contribution is 5.95. The molecule has 0 bridgehead atoms. The lowest BCUT2D eigenvalue weighted by atomic mass is 10.2. The summed E-state index contributed by atoms with van der Waals surface area (Å²) >= 11 is 0. The number of hydrogen-bond acceptors (Lipinski definition) is 4. The van der Waals surface area contributed by atoms with E-state index in [1.54, 1.807) is 24.3 Å². The second-order valence-electron chi connectivity index (χ2n) is 4.49. The van der Waals surface area contributed by atoms with Crippen molar-refractivity contribution in [1.82, 2.24) is 4.90 Å². The molecule has 0 aliphatic rings. The molecule has 6 nitrogen and oxygen atoms in total. The van der Waals surface area contributed by atoms with E-state index >= 15 is 0 Å². The molecule has 1 aromatic carbocycles. The lowest BCUT2D eigenvalue weighted by Gasteiger charge is -2.20. The number of carboxylic acids is 1. The number of aliphatic carboxylic acids is 1. The molecule has 1 amide bonds. The molecule has 0 unspecified atom stereocenters. The van der Waals surface area contributed by atoms with Crippen molar-refractivity contribution in [3.05, 3.63) is 29.8 Å². The van der Waals surface area contributed by atoms with Gasteiger partial charge in [0.05, 0.1) is 13.2 Å². The minimum Gasteiger partial charge on any atom is -0.494 e. The molecule has 0 atom stereocenters. The minimum atomic E-state index is -1.05. The Labute approximate surface area is 124 Å². The Morgan fingerprint density at radius 2 is 1.86 bits per heavy atom. The third-order valence-corrected chi connectivity index (χ3v) is 2.75. The Morgan fingerprint density at radius 3 is 2.38 bits per heavy atom. The Morgan fingerprint density at radius 1 is 1.19 bits per heavy atom. The Bertz CT molecular complexity index is 458. The van der Waals surface area contributed by atoms with Crippen molar-refractivity contribution in [3.63, 3.8) is 0 Å². The summed E-state index contributed by atoms with van der Waals surface area (Å²) in [6.45, 7) is 2.80. The molecule has 1 N–H and O–H groups in total. The largest absolute Gasteiger partial charge is 0.494 e. The first kappa shape index (κ1) is 17.0. The lowest BCUT2D eigenvalue weighted by Crippen LogP contribution is -2.37. The second kappa shape index (κ2) is 8.97. The van der Waals surface area contributed by atoms with Crippen LogP contribution in [-0.4, -0.2) is 55.3 Å². The number of rotatable bonds is 9. The maximum atomic E-state index is 12.3. The molecule has 6 heteroatoms. The van der Waals surface area contributed by atoms with Crippen molar-refractivity contribution in [1.29, 1.82) is 0 Å². The normalized spacial score (nSPS) is 10.2. The van der Waals surface area contributed by atoms with Crippen molar-refractivity contribution >= 4 is 11.9 Å². The molecule has 0 aliphatic heterocycles. The smallest absolute Gasteiger partial charge is 0.323 e. The highest BCUT2D eigenvalue weighted by Crippen LogP contribution is 2.14. The second-order valence-corrected chi connectivity index (χ2v) is 4.49. The van der Waals surface area contributed by atoms with Crippen LogP contribution in [0.4, 0.5) is 0 Å². The van der Waals surface area contributed by atoms with Crippen LogP contribution in [0.1, 0.15) is 23.7 Å².